The van der Waals surface area contributed by atoms with Crippen molar-refractivity contribution in [2.75, 3.05) is 0 Å². The van der Waals surface area contributed by atoms with Gasteiger partial charge in [0, 0.05) is 35.5 Å². The number of carbonyl (C=O) groups is 1. The van der Waals surface area contributed by atoms with Crippen molar-refractivity contribution in [2.45, 2.75) is 84.1 Å². The Balaban J connectivity index is 1.20. The molecule has 6 rings (SSSR count). The molecular weight excluding hydrogens is 382 g/mol. The first kappa shape index (κ1) is 19.8. The summed E-state index contributed by atoms with van der Waals surface area (Å²) in [5, 5.41) is 3.41. The molecule has 6 atom stereocenters. The number of nitrogens with one attached hydrogen (secondary N) is 1. The summed E-state index contributed by atoms with van der Waals surface area (Å²) in [5.41, 5.74) is 3.75. The lowest BCUT2D eigenvalue weighted by molar-refractivity contribution is -0.128. The molecule has 0 aromatic carbocycles. The number of nitrogens with zero attached hydrogens (tertiary/aromatic N) is 2. The Labute approximate surface area is 186 Å². The molecule has 5 aliphatic carbocycles. The lowest BCUT2D eigenvalue weighted by atomic mass is 9.47. The molecule has 31 heavy (non-hydrogen) atoms. The van der Waals surface area contributed by atoms with Crippen LogP contribution in [0.3, 0.4) is 0 Å². The van der Waals surface area contributed by atoms with E-state index in [1.165, 1.54) is 44.2 Å². The van der Waals surface area contributed by atoms with E-state index in [1.54, 1.807) is 5.57 Å². The number of carbonyl (C=O) groups excluding carboxylic acids is 1. The summed E-state index contributed by atoms with van der Waals surface area (Å²) in [5.74, 6) is 2.95. The van der Waals surface area contributed by atoms with Gasteiger partial charge in [0.2, 0.25) is 5.91 Å². The van der Waals surface area contributed by atoms with Crippen LogP contribution in [0.2, 0.25) is 0 Å². The zero-order chi connectivity index (χ0) is 21.2. The topological polar surface area (TPSA) is 46.9 Å². The molecule has 1 amide bonds. The fourth-order valence-corrected chi connectivity index (χ4v) is 8.12. The van der Waals surface area contributed by atoms with Crippen molar-refractivity contribution in [3.05, 3.63) is 36.4 Å². The smallest absolute Gasteiger partial charge is 0.223 e. The van der Waals surface area contributed by atoms with Crippen LogP contribution in [0, 0.1) is 34.5 Å². The first-order valence-corrected chi connectivity index (χ1v) is 12.7. The number of hydrogen-bond acceptors (Lipinski definition) is 2. The molecule has 0 bridgehead atoms. The van der Waals surface area contributed by atoms with E-state index in [-0.39, 0.29) is 5.41 Å². The van der Waals surface area contributed by atoms with Crippen LogP contribution in [0.5, 0.6) is 0 Å². The van der Waals surface area contributed by atoms with E-state index in [4.69, 9.17) is 0 Å². The number of imidazole rings is 1. The number of hydrogen-bond donors (Lipinski definition) is 1. The Hall–Kier alpha value is -1.84. The summed E-state index contributed by atoms with van der Waals surface area (Å²) < 4.78 is 2.27. The molecule has 1 aromatic heterocycles. The molecule has 3 saturated carbocycles. The molecule has 0 spiro atoms. The third kappa shape index (κ3) is 2.93. The van der Waals surface area contributed by atoms with Crippen molar-refractivity contribution in [1.82, 2.24) is 14.9 Å². The van der Waals surface area contributed by atoms with E-state index in [0.29, 0.717) is 23.3 Å². The van der Waals surface area contributed by atoms with Crippen LogP contribution < -0.4 is 5.32 Å². The molecule has 0 unspecified atom stereocenters. The molecule has 0 saturated heterocycles. The molecular formula is C27H37N3O. The summed E-state index contributed by atoms with van der Waals surface area (Å²) >= 11 is 0. The maximum atomic E-state index is 12.5. The molecule has 4 heteroatoms. The highest BCUT2D eigenvalue weighted by atomic mass is 16.2. The van der Waals surface area contributed by atoms with Gasteiger partial charge in [0.1, 0.15) is 0 Å². The fourth-order valence-electron chi connectivity index (χ4n) is 8.12. The fraction of sp³-hybridized carbons (Fsp3) is 0.704. The zero-order valence-electron chi connectivity index (χ0n) is 19.1. The van der Waals surface area contributed by atoms with Gasteiger partial charge in [-0.05, 0) is 81.0 Å². The number of fused-ring (bicyclic) bond motifs is 5. The van der Waals surface area contributed by atoms with Gasteiger partial charge in [0.05, 0.1) is 6.33 Å². The van der Waals surface area contributed by atoms with Crippen molar-refractivity contribution in [2.24, 2.45) is 34.5 Å². The Bertz CT molecular complexity index is 926. The van der Waals surface area contributed by atoms with Crippen LogP contribution in [0.4, 0.5) is 0 Å². The van der Waals surface area contributed by atoms with E-state index in [1.807, 2.05) is 12.5 Å². The minimum Gasteiger partial charge on any atom is -0.353 e. The highest BCUT2D eigenvalue weighted by Gasteiger charge is 2.57. The SMILES string of the molecule is C[C@]12CC[C@@H](NC(=O)C3CCC3)CC1=CC[C@@H]1[C@@H]2CC[C@]2(C)C(n3ccnc3)=CC[C@@H]12. The van der Waals surface area contributed by atoms with Crippen molar-refractivity contribution in [3.63, 3.8) is 0 Å². The lowest BCUT2D eigenvalue weighted by Gasteiger charge is -2.58. The summed E-state index contributed by atoms with van der Waals surface area (Å²) in [7, 11) is 0. The average molecular weight is 420 g/mol. The van der Waals surface area contributed by atoms with Crippen molar-refractivity contribution >= 4 is 11.6 Å². The molecule has 0 aliphatic heterocycles. The Morgan fingerprint density at radius 3 is 2.65 bits per heavy atom. The summed E-state index contributed by atoms with van der Waals surface area (Å²) in [6.07, 6.45) is 23.0. The summed E-state index contributed by atoms with van der Waals surface area (Å²) in [6.45, 7) is 5.07. The lowest BCUT2D eigenvalue weighted by Crippen LogP contribution is -2.52. The maximum Gasteiger partial charge on any atom is 0.223 e. The minimum atomic E-state index is 0.275. The number of amides is 1. The number of allylic oxidation sites excluding steroid dienone is 3. The molecule has 1 aromatic rings. The normalized spacial score (nSPS) is 41.9. The van der Waals surface area contributed by atoms with E-state index in [9.17, 15) is 4.79 Å². The molecule has 5 aliphatic rings. The zero-order valence-corrected chi connectivity index (χ0v) is 19.1. The first-order valence-electron chi connectivity index (χ1n) is 12.7. The van der Waals surface area contributed by atoms with E-state index in [0.717, 1.165) is 43.4 Å². The van der Waals surface area contributed by atoms with Gasteiger partial charge in [-0.2, -0.15) is 0 Å². The van der Waals surface area contributed by atoms with Crippen LogP contribution in [-0.2, 0) is 4.79 Å². The van der Waals surface area contributed by atoms with E-state index < -0.39 is 0 Å². The monoisotopic (exact) mass is 419 g/mol. The van der Waals surface area contributed by atoms with Gasteiger partial charge in [-0.25, -0.2) is 4.98 Å². The highest BCUT2D eigenvalue weighted by molar-refractivity contribution is 5.79. The van der Waals surface area contributed by atoms with Gasteiger partial charge < -0.3 is 9.88 Å². The standard InChI is InChI=1S/C27H37N3O/c1-26-12-10-20(29-25(31)18-4-3-5-18)16-19(26)6-7-21-22-8-9-24(30-15-14-28-17-30)27(22,2)13-11-23(21)26/h6,9,14-15,17-18,20-23H,3-5,7-8,10-13,16H2,1-2H3,(H,29,31)/t20-,21+,22+,23+,26+,27+/m1/s1. The van der Waals surface area contributed by atoms with Gasteiger partial charge in [0.15, 0.2) is 0 Å². The largest absolute Gasteiger partial charge is 0.353 e. The maximum absolute atomic E-state index is 12.5. The van der Waals surface area contributed by atoms with Gasteiger partial charge >= 0.3 is 0 Å². The van der Waals surface area contributed by atoms with Crippen LogP contribution >= 0.6 is 0 Å². The van der Waals surface area contributed by atoms with E-state index in [2.05, 4.69) is 47.1 Å². The van der Waals surface area contributed by atoms with Crippen LogP contribution in [0.1, 0.15) is 78.1 Å². The molecule has 0 radical (unpaired) electrons. The summed E-state index contributed by atoms with van der Waals surface area (Å²) in [4.78, 5) is 16.8. The van der Waals surface area contributed by atoms with Crippen molar-refractivity contribution < 1.29 is 4.79 Å². The molecule has 166 valence electrons. The second-order valence-corrected chi connectivity index (χ2v) is 11.6. The number of aromatic nitrogens is 2. The highest BCUT2D eigenvalue weighted by Crippen LogP contribution is 2.65. The predicted octanol–water partition coefficient (Wildman–Crippen LogP) is 5.58. The molecule has 1 heterocycles. The third-order valence-corrected chi connectivity index (χ3v) is 10.2. The molecule has 4 nitrogen and oxygen atoms in total. The van der Waals surface area contributed by atoms with Gasteiger partial charge in [-0.3, -0.25) is 4.79 Å². The van der Waals surface area contributed by atoms with Gasteiger partial charge in [-0.1, -0.05) is 38.0 Å². The van der Waals surface area contributed by atoms with Gasteiger partial charge in [0.25, 0.3) is 0 Å². The second kappa shape index (κ2) is 7.08. The minimum absolute atomic E-state index is 0.275. The third-order valence-electron chi connectivity index (χ3n) is 10.2. The Morgan fingerprint density at radius 2 is 1.90 bits per heavy atom. The quantitative estimate of drug-likeness (QED) is 0.650. The Kier molecular flexibility index (Phi) is 4.53. The van der Waals surface area contributed by atoms with Crippen molar-refractivity contribution in [1.29, 1.82) is 0 Å². The first-order chi connectivity index (χ1) is 15.0. The van der Waals surface area contributed by atoms with Crippen LogP contribution in [0.15, 0.2) is 36.4 Å². The number of rotatable bonds is 3. The predicted molar refractivity (Wildman–Crippen MR) is 123 cm³/mol. The molecule has 1 N–H and O–H groups in total. The second-order valence-electron chi connectivity index (χ2n) is 11.6. The molecule has 3 fully saturated rings. The van der Waals surface area contributed by atoms with Crippen LogP contribution in [0.25, 0.3) is 5.70 Å². The van der Waals surface area contributed by atoms with Crippen molar-refractivity contribution in [3.8, 4) is 0 Å². The average Bonchev–Trinajstić information content (AvgIpc) is 3.33. The van der Waals surface area contributed by atoms with E-state index >= 15 is 0 Å². The van der Waals surface area contributed by atoms with Crippen LogP contribution in [-0.4, -0.2) is 21.5 Å². The Morgan fingerprint density at radius 1 is 1.06 bits per heavy atom. The van der Waals surface area contributed by atoms with Gasteiger partial charge in [-0.15, -0.1) is 0 Å². The summed E-state index contributed by atoms with van der Waals surface area (Å²) in [6, 6.07) is 0.360.